The lowest BCUT2D eigenvalue weighted by atomic mass is 9.81. The van der Waals surface area contributed by atoms with Gasteiger partial charge in [-0.2, -0.15) is 0 Å². The Hall–Kier alpha value is -4.35. The van der Waals surface area contributed by atoms with Crippen LogP contribution in [0.4, 0.5) is 9.18 Å². The molecule has 2 fully saturated rings. The summed E-state index contributed by atoms with van der Waals surface area (Å²) >= 11 is 1.58. The normalized spacial score (nSPS) is 20.7. The summed E-state index contributed by atoms with van der Waals surface area (Å²) in [6.07, 6.45) is 3.53. The molecule has 1 saturated heterocycles. The molecule has 0 unspecified atom stereocenters. The second-order valence-electron chi connectivity index (χ2n) is 11.9. The van der Waals surface area contributed by atoms with Gasteiger partial charge >= 0.3 is 6.09 Å². The average molecular weight is 632 g/mol. The van der Waals surface area contributed by atoms with Crippen molar-refractivity contribution in [2.24, 2.45) is 5.92 Å². The van der Waals surface area contributed by atoms with Gasteiger partial charge < -0.3 is 25.0 Å². The van der Waals surface area contributed by atoms with Crippen LogP contribution in [0.15, 0.2) is 60.5 Å². The van der Waals surface area contributed by atoms with Gasteiger partial charge in [0.25, 0.3) is 0 Å². The number of fused-ring (bicyclic) bond motifs is 2. The minimum Gasteiger partial charge on any atom is -0.492 e. The number of likely N-dealkylation sites (tertiary alicyclic amines) is 1. The van der Waals surface area contributed by atoms with Crippen LogP contribution in [0.2, 0.25) is 0 Å². The highest BCUT2D eigenvalue weighted by Gasteiger charge is 2.33. The lowest BCUT2D eigenvalue weighted by Gasteiger charge is -2.35. The predicted octanol–water partition coefficient (Wildman–Crippen LogP) is 5.97. The van der Waals surface area contributed by atoms with Gasteiger partial charge in [-0.1, -0.05) is 18.7 Å². The molecule has 236 valence electrons. The molecule has 45 heavy (non-hydrogen) atoms. The summed E-state index contributed by atoms with van der Waals surface area (Å²) in [6, 6.07) is 13.1. The van der Waals surface area contributed by atoms with Crippen LogP contribution in [0.5, 0.6) is 5.75 Å². The number of hydrogen-bond donors (Lipinski definition) is 2. The van der Waals surface area contributed by atoms with Crippen molar-refractivity contribution >= 4 is 33.4 Å². The van der Waals surface area contributed by atoms with Crippen molar-refractivity contribution in [3.8, 4) is 28.3 Å². The largest absolute Gasteiger partial charge is 0.492 e. The summed E-state index contributed by atoms with van der Waals surface area (Å²) in [5, 5.41) is 18.7. The number of hydrogen-bond acceptors (Lipinski definition) is 8. The number of carbonyl (C=O) groups excluding carboxylic acids is 2. The first kappa shape index (κ1) is 29.4. The Bertz CT molecular complexity index is 1780. The number of amides is 2. The highest BCUT2D eigenvalue weighted by molar-refractivity contribution is 7.17. The van der Waals surface area contributed by atoms with Crippen LogP contribution in [0.3, 0.4) is 0 Å². The number of carbonyl (C=O) groups is 2. The fourth-order valence-corrected chi connectivity index (χ4v) is 7.30. The van der Waals surface area contributed by atoms with E-state index >= 15 is 0 Å². The quantitative estimate of drug-likeness (QED) is 0.231. The number of ether oxygens (including phenoxy) is 2. The zero-order chi connectivity index (χ0) is 30.9. The molecule has 4 aromatic rings. The van der Waals surface area contributed by atoms with E-state index in [0.717, 1.165) is 53.7 Å². The number of rotatable bonds is 8. The molecule has 7 rings (SSSR count). The van der Waals surface area contributed by atoms with Crippen LogP contribution in [0.25, 0.3) is 32.6 Å². The van der Waals surface area contributed by atoms with Crippen molar-refractivity contribution in [3.63, 3.8) is 0 Å². The zero-order valence-electron chi connectivity index (χ0n) is 24.8. The van der Waals surface area contributed by atoms with Gasteiger partial charge in [0.05, 0.1) is 17.9 Å². The van der Waals surface area contributed by atoms with Crippen molar-refractivity contribution in [3.05, 3.63) is 77.4 Å². The Labute approximate surface area is 267 Å². The van der Waals surface area contributed by atoms with E-state index in [1.54, 1.807) is 22.3 Å². The standard InChI is InChI=1S/C34H34FN5O4S.2H2/c1-2-30(41)40-11-8-26(18-40)44-34(42)37-25-13-20(14-25)19-43-29-16-24(35)5-6-27(29)32-33-28(9-12-45-33)31(38-39-32)22-3-4-23-17-36-10-7-21(23)15-22;;/h2-6,9,12,15-16,20,25-26,36H,1,7-8,10-11,13-14,17-19H2,(H,37,42);2*1H/t20?,25?,26-;;/m0../s1. The third kappa shape index (κ3) is 6.14. The molecule has 1 atom stereocenters. The Kier molecular flexibility index (Phi) is 8.20. The molecule has 11 heteroatoms. The lowest BCUT2D eigenvalue weighted by Crippen LogP contribution is -2.47. The van der Waals surface area contributed by atoms with Gasteiger partial charge in [-0.15, -0.1) is 21.5 Å². The van der Waals surface area contributed by atoms with Crippen LogP contribution in [-0.2, 0) is 22.5 Å². The van der Waals surface area contributed by atoms with Gasteiger partial charge in [-0.25, -0.2) is 9.18 Å². The maximum absolute atomic E-state index is 14.4. The smallest absolute Gasteiger partial charge is 0.407 e. The minimum absolute atomic E-state index is 0. The highest BCUT2D eigenvalue weighted by Crippen LogP contribution is 2.40. The Morgan fingerprint density at radius 2 is 2.02 bits per heavy atom. The molecule has 2 N–H and O–H groups in total. The van der Waals surface area contributed by atoms with Crippen LogP contribution in [-0.4, -0.2) is 65.5 Å². The second kappa shape index (κ2) is 12.6. The van der Waals surface area contributed by atoms with Gasteiger partial charge in [0.15, 0.2) is 0 Å². The Morgan fingerprint density at radius 1 is 1.16 bits per heavy atom. The van der Waals surface area contributed by atoms with E-state index in [2.05, 4.69) is 51.7 Å². The van der Waals surface area contributed by atoms with E-state index in [1.165, 1.54) is 29.3 Å². The van der Waals surface area contributed by atoms with E-state index in [-0.39, 0.29) is 32.6 Å². The first-order valence-electron chi connectivity index (χ1n) is 15.3. The fraction of sp³-hybridized carbons (Fsp3) is 0.353. The van der Waals surface area contributed by atoms with E-state index < -0.39 is 6.09 Å². The molecule has 1 aliphatic carbocycles. The van der Waals surface area contributed by atoms with Gasteiger partial charge in [0.2, 0.25) is 5.91 Å². The predicted molar refractivity (Wildman–Crippen MR) is 175 cm³/mol. The molecule has 9 nitrogen and oxygen atoms in total. The molecule has 2 aliphatic heterocycles. The average Bonchev–Trinajstić information content (AvgIpc) is 3.72. The van der Waals surface area contributed by atoms with E-state index in [1.807, 2.05) is 5.38 Å². The third-order valence-electron chi connectivity index (χ3n) is 8.89. The summed E-state index contributed by atoms with van der Waals surface area (Å²) in [7, 11) is 0. The van der Waals surface area contributed by atoms with Crippen molar-refractivity contribution in [2.45, 2.75) is 44.4 Å². The molecule has 3 aliphatic rings. The molecule has 1 saturated carbocycles. The van der Waals surface area contributed by atoms with Crippen molar-refractivity contribution < 1.29 is 26.3 Å². The summed E-state index contributed by atoms with van der Waals surface area (Å²) in [5.41, 5.74) is 5.88. The Balaban J connectivity index is 0.00000217. The molecular formula is C34H38FN5O4S. The number of benzene rings is 2. The Morgan fingerprint density at radius 3 is 2.89 bits per heavy atom. The molecule has 2 aromatic carbocycles. The fourth-order valence-electron chi connectivity index (χ4n) is 6.41. The van der Waals surface area contributed by atoms with Crippen LogP contribution < -0.4 is 15.4 Å². The van der Waals surface area contributed by atoms with E-state index in [0.29, 0.717) is 43.1 Å². The first-order valence-corrected chi connectivity index (χ1v) is 16.2. The number of aromatic nitrogens is 2. The topological polar surface area (TPSA) is 106 Å². The monoisotopic (exact) mass is 631 g/mol. The number of alkyl carbamates (subject to hydrolysis) is 1. The molecule has 2 amide bonds. The second-order valence-corrected chi connectivity index (χ2v) is 12.8. The molecule has 0 radical (unpaired) electrons. The molecule has 2 aromatic heterocycles. The number of nitrogens with one attached hydrogen (secondary N) is 2. The molecule has 4 heterocycles. The summed E-state index contributed by atoms with van der Waals surface area (Å²) in [6.45, 7) is 6.66. The van der Waals surface area contributed by atoms with E-state index in [9.17, 15) is 14.0 Å². The molecular weight excluding hydrogens is 593 g/mol. The summed E-state index contributed by atoms with van der Waals surface area (Å²) in [4.78, 5) is 25.8. The number of thiophene rings is 1. The SMILES string of the molecule is C=CC(=O)N1CC[C@H](OC(=O)NC2CC(COc3cc(F)ccc3-c3nnc(-c4ccc5c(c4)CCNC5)c4ccsc34)C2)C1.[HH].[HH]. The maximum atomic E-state index is 14.4. The van der Waals surface area contributed by atoms with Crippen LogP contribution >= 0.6 is 11.3 Å². The summed E-state index contributed by atoms with van der Waals surface area (Å²) in [5.74, 6) is 0.0779. The van der Waals surface area contributed by atoms with Gasteiger partial charge in [-0.3, -0.25) is 4.79 Å². The highest BCUT2D eigenvalue weighted by atomic mass is 32.1. The zero-order valence-corrected chi connectivity index (χ0v) is 25.6. The maximum Gasteiger partial charge on any atom is 0.407 e. The van der Waals surface area contributed by atoms with Crippen LogP contribution in [0, 0.1) is 11.7 Å². The van der Waals surface area contributed by atoms with Crippen molar-refractivity contribution in [2.75, 3.05) is 26.2 Å². The van der Waals surface area contributed by atoms with Gasteiger partial charge in [0.1, 0.15) is 29.1 Å². The van der Waals surface area contributed by atoms with Crippen LogP contribution in [0.1, 0.15) is 33.2 Å². The molecule has 0 spiro atoms. The van der Waals surface area contributed by atoms with E-state index in [4.69, 9.17) is 9.47 Å². The van der Waals surface area contributed by atoms with Crippen molar-refractivity contribution in [1.82, 2.24) is 25.7 Å². The third-order valence-corrected chi connectivity index (χ3v) is 9.81. The first-order chi connectivity index (χ1) is 21.9. The van der Waals surface area contributed by atoms with Gasteiger partial charge in [0, 0.05) is 51.0 Å². The van der Waals surface area contributed by atoms with Crippen molar-refractivity contribution in [1.29, 1.82) is 0 Å². The lowest BCUT2D eigenvalue weighted by molar-refractivity contribution is -0.125. The minimum atomic E-state index is -0.473. The number of nitrogens with zero attached hydrogens (tertiary/aromatic N) is 3. The number of halogens is 1. The summed E-state index contributed by atoms with van der Waals surface area (Å²) < 4.78 is 27.1. The molecule has 0 bridgehead atoms. The van der Waals surface area contributed by atoms with Gasteiger partial charge in [-0.05, 0) is 78.6 Å².